The minimum atomic E-state index is -0.0735. The monoisotopic (exact) mass is 228 g/mol. The molecule has 0 aromatic rings. The molecule has 0 aromatic carbocycles. The molecule has 2 heterocycles. The summed E-state index contributed by atoms with van der Waals surface area (Å²) < 4.78 is 5.79. The van der Waals surface area contributed by atoms with Gasteiger partial charge in [0.15, 0.2) is 0 Å². The third kappa shape index (κ3) is 3.42. The number of aliphatic hydroxyl groups excluding tert-OH is 1. The SMILES string of the molecule is CCN1CCOC(CN2CCC(O)CC2)C1. The van der Waals surface area contributed by atoms with E-state index in [1.165, 1.54) is 0 Å². The quantitative estimate of drug-likeness (QED) is 0.747. The minimum absolute atomic E-state index is 0.0735. The summed E-state index contributed by atoms with van der Waals surface area (Å²) >= 11 is 0. The molecule has 2 aliphatic rings. The molecule has 2 aliphatic heterocycles. The first-order chi connectivity index (χ1) is 7.78. The first-order valence-electron chi connectivity index (χ1n) is 6.52. The van der Waals surface area contributed by atoms with Gasteiger partial charge in [-0.1, -0.05) is 6.92 Å². The maximum atomic E-state index is 9.45. The Balaban J connectivity index is 1.72. The molecule has 2 saturated heterocycles. The molecule has 2 fully saturated rings. The van der Waals surface area contributed by atoms with Gasteiger partial charge in [-0.2, -0.15) is 0 Å². The number of hydrogen-bond acceptors (Lipinski definition) is 4. The van der Waals surface area contributed by atoms with E-state index in [0.29, 0.717) is 6.10 Å². The molecule has 1 N–H and O–H groups in total. The highest BCUT2D eigenvalue weighted by Crippen LogP contribution is 2.13. The van der Waals surface area contributed by atoms with E-state index in [1.807, 2.05) is 0 Å². The fraction of sp³-hybridized carbons (Fsp3) is 1.00. The Morgan fingerprint density at radius 1 is 1.19 bits per heavy atom. The molecule has 0 bridgehead atoms. The molecule has 1 unspecified atom stereocenters. The van der Waals surface area contributed by atoms with Crippen LogP contribution in [-0.2, 0) is 4.74 Å². The van der Waals surface area contributed by atoms with Crippen molar-refractivity contribution in [3.63, 3.8) is 0 Å². The molecule has 0 spiro atoms. The summed E-state index contributed by atoms with van der Waals surface area (Å²) in [4.78, 5) is 4.88. The number of ether oxygens (including phenoxy) is 1. The maximum Gasteiger partial charge on any atom is 0.0829 e. The second-order valence-electron chi connectivity index (χ2n) is 4.92. The van der Waals surface area contributed by atoms with Crippen LogP contribution in [0.2, 0.25) is 0 Å². The van der Waals surface area contributed by atoms with Gasteiger partial charge in [-0.05, 0) is 19.4 Å². The van der Waals surface area contributed by atoms with Crippen LogP contribution >= 0.6 is 0 Å². The van der Waals surface area contributed by atoms with Crippen LogP contribution in [0.25, 0.3) is 0 Å². The van der Waals surface area contributed by atoms with Gasteiger partial charge in [0.05, 0.1) is 18.8 Å². The fourth-order valence-corrected chi connectivity index (χ4v) is 2.57. The van der Waals surface area contributed by atoms with Gasteiger partial charge in [-0.3, -0.25) is 4.90 Å². The molecular weight excluding hydrogens is 204 g/mol. The molecule has 2 rings (SSSR count). The highest BCUT2D eigenvalue weighted by molar-refractivity contribution is 4.78. The minimum Gasteiger partial charge on any atom is -0.393 e. The Morgan fingerprint density at radius 3 is 2.62 bits per heavy atom. The zero-order valence-corrected chi connectivity index (χ0v) is 10.3. The van der Waals surface area contributed by atoms with Gasteiger partial charge >= 0.3 is 0 Å². The second kappa shape index (κ2) is 5.96. The summed E-state index contributed by atoms with van der Waals surface area (Å²) in [6.45, 7) is 9.41. The lowest BCUT2D eigenvalue weighted by atomic mass is 10.1. The molecule has 0 radical (unpaired) electrons. The molecule has 1 atom stereocenters. The average Bonchev–Trinajstić information content (AvgIpc) is 2.32. The zero-order chi connectivity index (χ0) is 11.4. The van der Waals surface area contributed by atoms with E-state index in [0.717, 1.165) is 58.7 Å². The van der Waals surface area contributed by atoms with Crippen molar-refractivity contribution in [2.24, 2.45) is 0 Å². The Bertz CT molecular complexity index is 205. The maximum absolute atomic E-state index is 9.45. The smallest absolute Gasteiger partial charge is 0.0829 e. The van der Waals surface area contributed by atoms with E-state index in [-0.39, 0.29) is 6.10 Å². The van der Waals surface area contributed by atoms with Crippen LogP contribution in [-0.4, -0.2) is 73.0 Å². The first-order valence-corrected chi connectivity index (χ1v) is 6.52. The number of morpholine rings is 1. The lowest BCUT2D eigenvalue weighted by Crippen LogP contribution is -2.49. The molecule has 4 nitrogen and oxygen atoms in total. The lowest BCUT2D eigenvalue weighted by molar-refractivity contribution is -0.0483. The Morgan fingerprint density at radius 2 is 1.94 bits per heavy atom. The Kier molecular flexibility index (Phi) is 4.58. The number of rotatable bonds is 3. The fourth-order valence-electron chi connectivity index (χ4n) is 2.57. The van der Waals surface area contributed by atoms with Gasteiger partial charge < -0.3 is 14.7 Å². The van der Waals surface area contributed by atoms with Gasteiger partial charge in [0.1, 0.15) is 0 Å². The van der Waals surface area contributed by atoms with Crippen LogP contribution in [0.15, 0.2) is 0 Å². The van der Waals surface area contributed by atoms with Gasteiger partial charge in [0, 0.05) is 32.7 Å². The third-order valence-electron chi connectivity index (χ3n) is 3.69. The van der Waals surface area contributed by atoms with E-state index in [4.69, 9.17) is 4.74 Å². The number of likely N-dealkylation sites (tertiary alicyclic amines) is 1. The third-order valence-corrected chi connectivity index (χ3v) is 3.69. The molecule has 4 heteroatoms. The average molecular weight is 228 g/mol. The predicted molar refractivity (Wildman–Crippen MR) is 63.5 cm³/mol. The second-order valence-corrected chi connectivity index (χ2v) is 4.92. The van der Waals surface area contributed by atoms with Gasteiger partial charge in [-0.25, -0.2) is 0 Å². The Labute approximate surface area is 98.2 Å². The van der Waals surface area contributed by atoms with Crippen LogP contribution in [0.4, 0.5) is 0 Å². The number of hydrogen-bond donors (Lipinski definition) is 1. The number of aliphatic hydroxyl groups is 1. The van der Waals surface area contributed by atoms with Crippen LogP contribution in [0.1, 0.15) is 19.8 Å². The van der Waals surface area contributed by atoms with Crippen molar-refractivity contribution in [1.82, 2.24) is 9.80 Å². The highest BCUT2D eigenvalue weighted by Gasteiger charge is 2.24. The largest absolute Gasteiger partial charge is 0.393 e. The van der Waals surface area contributed by atoms with Crippen molar-refractivity contribution in [3.8, 4) is 0 Å². The highest BCUT2D eigenvalue weighted by atomic mass is 16.5. The van der Waals surface area contributed by atoms with Crippen LogP contribution < -0.4 is 0 Å². The standard InChI is InChI=1S/C12H24N2O2/c1-2-13-7-8-16-12(9-13)10-14-5-3-11(15)4-6-14/h11-12,15H,2-10H2,1H3. The summed E-state index contributed by atoms with van der Waals surface area (Å²) in [6.07, 6.45) is 2.13. The van der Waals surface area contributed by atoms with Gasteiger partial charge in [-0.15, -0.1) is 0 Å². The van der Waals surface area contributed by atoms with Crippen molar-refractivity contribution < 1.29 is 9.84 Å². The molecule has 0 aliphatic carbocycles. The molecular formula is C12H24N2O2. The molecule has 0 amide bonds. The van der Waals surface area contributed by atoms with Crippen LogP contribution in [0.5, 0.6) is 0 Å². The van der Waals surface area contributed by atoms with Gasteiger partial charge in [0.2, 0.25) is 0 Å². The molecule has 0 aromatic heterocycles. The van der Waals surface area contributed by atoms with E-state index in [9.17, 15) is 5.11 Å². The predicted octanol–water partition coefficient (Wildman–Crippen LogP) is 0.164. The van der Waals surface area contributed by atoms with E-state index in [2.05, 4.69) is 16.7 Å². The van der Waals surface area contributed by atoms with Gasteiger partial charge in [0.25, 0.3) is 0 Å². The van der Waals surface area contributed by atoms with Crippen molar-refractivity contribution in [2.45, 2.75) is 32.0 Å². The van der Waals surface area contributed by atoms with E-state index >= 15 is 0 Å². The molecule has 0 saturated carbocycles. The first kappa shape index (κ1) is 12.3. The summed E-state index contributed by atoms with van der Waals surface area (Å²) in [5.41, 5.74) is 0. The zero-order valence-electron chi connectivity index (χ0n) is 10.3. The van der Waals surface area contributed by atoms with Crippen LogP contribution in [0.3, 0.4) is 0 Å². The van der Waals surface area contributed by atoms with Crippen molar-refractivity contribution in [3.05, 3.63) is 0 Å². The number of likely N-dealkylation sites (N-methyl/N-ethyl adjacent to an activating group) is 1. The summed E-state index contributed by atoms with van der Waals surface area (Å²) in [7, 11) is 0. The molecule has 16 heavy (non-hydrogen) atoms. The van der Waals surface area contributed by atoms with Crippen molar-refractivity contribution in [1.29, 1.82) is 0 Å². The van der Waals surface area contributed by atoms with Crippen molar-refractivity contribution >= 4 is 0 Å². The number of nitrogens with zero attached hydrogens (tertiary/aromatic N) is 2. The molecule has 94 valence electrons. The van der Waals surface area contributed by atoms with E-state index in [1.54, 1.807) is 0 Å². The van der Waals surface area contributed by atoms with E-state index < -0.39 is 0 Å². The lowest BCUT2D eigenvalue weighted by Gasteiger charge is -2.37. The summed E-state index contributed by atoms with van der Waals surface area (Å²) in [5.74, 6) is 0. The van der Waals surface area contributed by atoms with Crippen molar-refractivity contribution in [2.75, 3.05) is 45.9 Å². The topological polar surface area (TPSA) is 35.9 Å². The summed E-state index contributed by atoms with van der Waals surface area (Å²) in [6, 6.07) is 0. The normalized spacial score (nSPS) is 30.8. The Hall–Kier alpha value is -0.160. The number of piperidine rings is 1. The summed E-state index contributed by atoms with van der Waals surface area (Å²) in [5, 5.41) is 9.45. The van der Waals surface area contributed by atoms with Crippen LogP contribution in [0, 0.1) is 0 Å².